The van der Waals surface area contributed by atoms with E-state index in [0.717, 1.165) is 29.4 Å². The van der Waals surface area contributed by atoms with Crippen molar-refractivity contribution in [2.45, 2.75) is 37.5 Å². The van der Waals surface area contributed by atoms with Gasteiger partial charge >= 0.3 is 0 Å². The molecule has 1 spiro atoms. The second-order valence-corrected chi connectivity index (χ2v) is 20.1. The lowest BCUT2D eigenvalue weighted by atomic mass is 9.43. The molecule has 16 rings (SSSR count). The third-order valence-electron chi connectivity index (χ3n) is 16.9. The maximum absolute atomic E-state index is 2.64. The highest BCUT2D eigenvalue weighted by atomic mass is 15.0. The number of benzene rings is 9. The quantitative estimate of drug-likeness (QED) is 0.163. The predicted molar refractivity (Wildman–Crippen MR) is 275 cm³/mol. The van der Waals surface area contributed by atoms with Crippen molar-refractivity contribution >= 4 is 43.6 Å². The van der Waals surface area contributed by atoms with E-state index in [-0.39, 0.29) is 5.41 Å². The first-order valence-electron chi connectivity index (χ1n) is 24.3. The summed E-state index contributed by atoms with van der Waals surface area (Å²) >= 11 is 0. The standard InChI is InChI=1S/C64H48N2/c1-2-10-42(11-3-1)43-18-20-44(21-19-43)45-22-26-50(27-23-45)65-60-16-8-5-13-54(60)56-37-46(24-30-62(56)65)47-25-31-63-57(38-47)55-14-6-9-17-61(55)66(63)51-28-29-53-52-12-4-7-15-58(52)64(59(53)39-51)48-33-40-32-41(35-48)36-49(64)34-40/h1-31,37-41,48-49H,32-36H2. The van der Waals surface area contributed by atoms with Crippen LogP contribution in [0.3, 0.4) is 0 Å². The van der Waals surface area contributed by atoms with E-state index < -0.39 is 0 Å². The van der Waals surface area contributed by atoms with Crippen LogP contribution in [0, 0.1) is 23.7 Å². The van der Waals surface area contributed by atoms with Crippen LogP contribution in [-0.4, -0.2) is 9.13 Å². The van der Waals surface area contributed by atoms with Crippen molar-refractivity contribution in [2.24, 2.45) is 23.7 Å². The molecule has 314 valence electrons. The van der Waals surface area contributed by atoms with Gasteiger partial charge in [0.15, 0.2) is 0 Å². The van der Waals surface area contributed by atoms with Gasteiger partial charge in [0.05, 0.1) is 22.1 Å². The van der Waals surface area contributed by atoms with Gasteiger partial charge in [-0.05, 0) is 172 Å². The van der Waals surface area contributed by atoms with Gasteiger partial charge in [0, 0.05) is 38.3 Å². The van der Waals surface area contributed by atoms with E-state index in [4.69, 9.17) is 0 Å². The zero-order chi connectivity index (χ0) is 43.1. The van der Waals surface area contributed by atoms with E-state index in [1.54, 1.807) is 11.1 Å². The summed E-state index contributed by atoms with van der Waals surface area (Å²) < 4.78 is 4.99. The number of nitrogens with zero attached hydrogens (tertiary/aromatic N) is 2. The van der Waals surface area contributed by atoms with Crippen molar-refractivity contribution < 1.29 is 0 Å². The number of aromatic nitrogens is 2. The maximum Gasteiger partial charge on any atom is 0.0541 e. The van der Waals surface area contributed by atoms with Crippen LogP contribution in [0.4, 0.5) is 0 Å². The fourth-order valence-electron chi connectivity index (χ4n) is 14.4. The summed E-state index contributed by atoms with van der Waals surface area (Å²) in [4.78, 5) is 0. The molecule has 4 bridgehead atoms. The fourth-order valence-corrected chi connectivity index (χ4v) is 14.4. The normalized spacial score (nSPS) is 21.4. The van der Waals surface area contributed by atoms with Gasteiger partial charge in [-0.2, -0.15) is 0 Å². The highest BCUT2D eigenvalue weighted by Gasteiger charge is 2.61. The van der Waals surface area contributed by atoms with Crippen LogP contribution in [-0.2, 0) is 5.41 Å². The smallest absolute Gasteiger partial charge is 0.0541 e. The first-order chi connectivity index (χ1) is 32.7. The maximum atomic E-state index is 2.64. The molecule has 2 aromatic heterocycles. The average Bonchev–Trinajstić information content (AvgIpc) is 3.99. The number of rotatable bonds is 5. The van der Waals surface area contributed by atoms with Crippen LogP contribution in [0.2, 0.25) is 0 Å². The lowest BCUT2D eigenvalue weighted by Gasteiger charge is -2.61. The molecule has 2 nitrogen and oxygen atoms in total. The van der Waals surface area contributed by atoms with Gasteiger partial charge in [0.1, 0.15) is 0 Å². The SMILES string of the molecule is c1ccc(-c2ccc(-c3ccc(-n4c5ccccc5c5cc(-c6ccc7c(c6)c6ccccc6n7-c6ccc7c(c6)C6(c8ccccc8-7)C7CC8CC(C7)CC6C8)ccc54)cc3)cc2)cc1. The van der Waals surface area contributed by atoms with Crippen molar-refractivity contribution in [2.75, 3.05) is 0 Å². The molecule has 4 fully saturated rings. The van der Waals surface area contributed by atoms with E-state index in [0.29, 0.717) is 0 Å². The molecule has 9 aromatic carbocycles. The molecule has 4 saturated carbocycles. The van der Waals surface area contributed by atoms with E-state index in [2.05, 4.69) is 215 Å². The Kier molecular flexibility index (Phi) is 7.71. The lowest BCUT2D eigenvalue weighted by Crippen LogP contribution is -2.55. The van der Waals surface area contributed by atoms with Crippen molar-refractivity contribution in [3.05, 3.63) is 217 Å². The second-order valence-electron chi connectivity index (χ2n) is 20.1. The molecule has 2 heteroatoms. The molecule has 0 aliphatic heterocycles. The molecule has 5 aliphatic carbocycles. The molecule has 0 atom stereocenters. The van der Waals surface area contributed by atoms with Crippen molar-refractivity contribution in [3.8, 4) is 55.9 Å². The minimum absolute atomic E-state index is 0.141. The van der Waals surface area contributed by atoms with Gasteiger partial charge in [-0.3, -0.25) is 0 Å². The molecular formula is C64H48N2. The summed E-state index contributed by atoms with van der Waals surface area (Å²) in [5, 5.41) is 5.14. The second kappa shape index (κ2) is 13.8. The number of para-hydroxylation sites is 2. The molecule has 2 heterocycles. The summed E-state index contributed by atoms with van der Waals surface area (Å²) in [5.41, 5.74) is 21.1. The molecule has 0 N–H and O–H groups in total. The molecule has 0 saturated heterocycles. The van der Waals surface area contributed by atoms with E-state index in [1.807, 2.05) is 0 Å². The minimum Gasteiger partial charge on any atom is -0.309 e. The van der Waals surface area contributed by atoms with Crippen LogP contribution in [0.25, 0.3) is 99.5 Å². The largest absolute Gasteiger partial charge is 0.309 e. The lowest BCUT2D eigenvalue weighted by molar-refractivity contribution is -0.0399. The van der Waals surface area contributed by atoms with E-state index in [1.165, 1.54) is 126 Å². The van der Waals surface area contributed by atoms with E-state index >= 15 is 0 Å². The van der Waals surface area contributed by atoms with Crippen molar-refractivity contribution in [1.29, 1.82) is 0 Å². The highest BCUT2D eigenvalue weighted by molar-refractivity contribution is 6.13. The first kappa shape index (κ1) is 36.9. The first-order valence-corrected chi connectivity index (χ1v) is 24.3. The third kappa shape index (κ3) is 5.13. The van der Waals surface area contributed by atoms with Gasteiger partial charge in [-0.25, -0.2) is 0 Å². The van der Waals surface area contributed by atoms with Crippen molar-refractivity contribution in [1.82, 2.24) is 9.13 Å². The summed E-state index contributed by atoms with van der Waals surface area (Å²) in [7, 11) is 0. The summed E-state index contributed by atoms with van der Waals surface area (Å²) in [6.07, 6.45) is 7.06. The summed E-state index contributed by atoms with van der Waals surface area (Å²) in [5.74, 6) is 3.34. The Morgan fingerprint density at radius 3 is 1.35 bits per heavy atom. The Morgan fingerprint density at radius 1 is 0.303 bits per heavy atom. The molecule has 66 heavy (non-hydrogen) atoms. The number of fused-ring (bicyclic) bond motifs is 9. The third-order valence-corrected chi connectivity index (χ3v) is 16.9. The Hall–Kier alpha value is -7.42. The van der Waals surface area contributed by atoms with Gasteiger partial charge < -0.3 is 9.13 Å². The van der Waals surface area contributed by atoms with Crippen LogP contribution in [0.15, 0.2) is 206 Å². The monoisotopic (exact) mass is 844 g/mol. The zero-order valence-electron chi connectivity index (χ0n) is 36.9. The molecule has 0 unspecified atom stereocenters. The molecular weight excluding hydrogens is 797 g/mol. The molecule has 11 aromatic rings. The van der Waals surface area contributed by atoms with Gasteiger partial charge in [-0.15, -0.1) is 0 Å². The Bertz CT molecular complexity index is 3720. The Balaban J connectivity index is 0.818. The topological polar surface area (TPSA) is 9.86 Å². The van der Waals surface area contributed by atoms with Crippen LogP contribution in [0.5, 0.6) is 0 Å². The van der Waals surface area contributed by atoms with Gasteiger partial charge in [0.2, 0.25) is 0 Å². The fraction of sp³-hybridized carbons (Fsp3) is 0.156. The highest BCUT2D eigenvalue weighted by Crippen LogP contribution is 2.69. The molecule has 5 aliphatic rings. The Morgan fingerprint density at radius 2 is 0.742 bits per heavy atom. The van der Waals surface area contributed by atoms with Crippen LogP contribution in [0.1, 0.15) is 43.2 Å². The minimum atomic E-state index is 0.141. The molecule has 0 amide bonds. The zero-order valence-corrected chi connectivity index (χ0v) is 36.9. The van der Waals surface area contributed by atoms with Gasteiger partial charge in [0.25, 0.3) is 0 Å². The number of hydrogen-bond donors (Lipinski definition) is 0. The summed E-state index contributed by atoms with van der Waals surface area (Å²) in [6.45, 7) is 0. The van der Waals surface area contributed by atoms with E-state index in [9.17, 15) is 0 Å². The summed E-state index contributed by atoms with van der Waals surface area (Å²) in [6, 6.07) is 77.8. The van der Waals surface area contributed by atoms with Crippen LogP contribution < -0.4 is 0 Å². The average molecular weight is 845 g/mol. The molecule has 0 radical (unpaired) electrons. The van der Waals surface area contributed by atoms with Crippen LogP contribution >= 0.6 is 0 Å². The van der Waals surface area contributed by atoms with Gasteiger partial charge in [-0.1, -0.05) is 146 Å². The number of hydrogen-bond acceptors (Lipinski definition) is 0. The predicted octanol–water partition coefficient (Wildman–Crippen LogP) is 16.6. The van der Waals surface area contributed by atoms with Crippen molar-refractivity contribution in [3.63, 3.8) is 0 Å². The Labute approximate surface area is 385 Å².